The Morgan fingerprint density at radius 3 is 2.58 bits per heavy atom. The summed E-state index contributed by atoms with van der Waals surface area (Å²) < 4.78 is 35.9. The molecule has 1 rings (SSSR count). The number of alkyl halides is 3. The normalized spacial score (nSPS) is 24.0. The number of rotatable bonds is 1. The van der Waals surface area contributed by atoms with Crippen LogP contribution < -0.4 is 0 Å². The summed E-state index contributed by atoms with van der Waals surface area (Å²) in [5.74, 6) is 0. The lowest BCUT2D eigenvalue weighted by molar-refractivity contribution is -0.0861. The van der Waals surface area contributed by atoms with Gasteiger partial charge in [-0.25, -0.2) is 0 Å². The zero-order valence-electron chi connectivity index (χ0n) is 6.17. The Morgan fingerprint density at radius 2 is 2.25 bits per heavy atom. The molecule has 0 saturated carbocycles. The minimum atomic E-state index is -4.32. The van der Waals surface area contributed by atoms with Gasteiger partial charge in [-0.2, -0.15) is 13.2 Å². The highest BCUT2D eigenvalue weighted by molar-refractivity contribution is 5.81. The second-order valence-corrected chi connectivity index (χ2v) is 2.51. The van der Waals surface area contributed by atoms with Gasteiger partial charge in [0, 0.05) is 6.21 Å². The van der Waals surface area contributed by atoms with Crippen LogP contribution in [-0.2, 0) is 0 Å². The molecule has 0 fully saturated rings. The van der Waals surface area contributed by atoms with Crippen LogP contribution in [0, 0.1) is 0 Å². The lowest BCUT2D eigenvalue weighted by Crippen LogP contribution is -2.20. The Hall–Kier alpha value is -0.840. The fraction of sp³-hybridized carbons (Fsp3) is 0.571. The van der Waals surface area contributed by atoms with Crippen molar-refractivity contribution in [2.75, 3.05) is 6.61 Å². The van der Waals surface area contributed by atoms with Crippen LogP contribution in [0.5, 0.6) is 0 Å². The smallest absolute Gasteiger partial charge is 0.394 e. The maximum absolute atomic E-state index is 12.0. The van der Waals surface area contributed by atoms with Gasteiger partial charge in [0.05, 0.1) is 18.2 Å². The van der Waals surface area contributed by atoms with Gasteiger partial charge in [-0.05, 0) is 6.42 Å². The van der Waals surface area contributed by atoms with Gasteiger partial charge in [-0.3, -0.25) is 4.99 Å². The molecule has 0 aromatic carbocycles. The standard InChI is InChI=1S/C7H8F3NO/c8-7(9,10)5-1-2-6(4-12)11-3-5/h1,3,6,12H,2,4H2. The van der Waals surface area contributed by atoms with E-state index < -0.39 is 17.8 Å². The van der Waals surface area contributed by atoms with Crippen LogP contribution in [0.3, 0.4) is 0 Å². The third kappa shape index (κ3) is 2.07. The topological polar surface area (TPSA) is 32.6 Å². The van der Waals surface area contributed by atoms with E-state index in [0.29, 0.717) is 0 Å². The summed E-state index contributed by atoms with van der Waals surface area (Å²) in [6, 6.07) is -0.406. The van der Waals surface area contributed by atoms with Crippen molar-refractivity contribution < 1.29 is 18.3 Å². The molecule has 0 spiro atoms. The molecule has 0 aromatic heterocycles. The van der Waals surface area contributed by atoms with Gasteiger partial charge in [0.25, 0.3) is 0 Å². The quantitative estimate of drug-likeness (QED) is 0.646. The van der Waals surface area contributed by atoms with Crippen molar-refractivity contribution in [2.24, 2.45) is 4.99 Å². The summed E-state index contributed by atoms with van der Waals surface area (Å²) >= 11 is 0. The molecule has 2 nitrogen and oxygen atoms in total. The van der Waals surface area contributed by atoms with E-state index in [0.717, 1.165) is 12.3 Å². The van der Waals surface area contributed by atoms with Crippen molar-refractivity contribution in [2.45, 2.75) is 18.6 Å². The molecule has 0 aromatic rings. The average molecular weight is 179 g/mol. The largest absolute Gasteiger partial charge is 0.417 e. The second-order valence-electron chi connectivity index (χ2n) is 2.51. The van der Waals surface area contributed by atoms with Crippen LogP contribution >= 0.6 is 0 Å². The molecule has 5 heteroatoms. The summed E-state index contributed by atoms with van der Waals surface area (Å²) in [6.07, 6.45) is -2.34. The highest BCUT2D eigenvalue weighted by Gasteiger charge is 2.33. The molecule has 1 N–H and O–H groups in total. The number of dihydropyridines is 1. The summed E-state index contributed by atoms with van der Waals surface area (Å²) in [7, 11) is 0. The molecule has 0 radical (unpaired) electrons. The Kier molecular flexibility index (Phi) is 2.52. The van der Waals surface area contributed by atoms with Gasteiger partial charge in [0.2, 0.25) is 0 Å². The molecule has 1 heterocycles. The number of halogens is 3. The van der Waals surface area contributed by atoms with Crippen molar-refractivity contribution in [3.63, 3.8) is 0 Å². The van der Waals surface area contributed by atoms with E-state index in [1.54, 1.807) is 0 Å². The Labute approximate surface area is 67.4 Å². The molecule has 0 amide bonds. The van der Waals surface area contributed by atoms with Gasteiger partial charge in [0.15, 0.2) is 0 Å². The van der Waals surface area contributed by atoms with Crippen molar-refractivity contribution in [1.82, 2.24) is 0 Å². The lowest BCUT2D eigenvalue weighted by Gasteiger charge is -2.14. The molecule has 1 aliphatic heterocycles. The fourth-order valence-electron chi connectivity index (χ4n) is 0.873. The third-order valence-corrected chi connectivity index (χ3v) is 1.57. The number of hydrogen-bond acceptors (Lipinski definition) is 2. The maximum atomic E-state index is 12.0. The van der Waals surface area contributed by atoms with Crippen molar-refractivity contribution in [1.29, 1.82) is 0 Å². The molecule has 0 aliphatic carbocycles. The van der Waals surface area contributed by atoms with Crippen LogP contribution in [0.25, 0.3) is 0 Å². The van der Waals surface area contributed by atoms with Crippen LogP contribution in [-0.4, -0.2) is 30.1 Å². The summed E-state index contributed by atoms with van der Waals surface area (Å²) in [5.41, 5.74) is -0.729. The molecule has 12 heavy (non-hydrogen) atoms. The second kappa shape index (κ2) is 3.26. The highest BCUT2D eigenvalue weighted by Crippen LogP contribution is 2.26. The van der Waals surface area contributed by atoms with Gasteiger partial charge < -0.3 is 5.11 Å². The molecule has 1 atom stereocenters. The Morgan fingerprint density at radius 1 is 1.58 bits per heavy atom. The zero-order valence-corrected chi connectivity index (χ0v) is 6.17. The van der Waals surface area contributed by atoms with E-state index in [1.807, 2.05) is 0 Å². The van der Waals surface area contributed by atoms with Crippen LogP contribution in [0.1, 0.15) is 6.42 Å². The number of aliphatic hydroxyl groups is 1. The molecule has 0 saturated heterocycles. The summed E-state index contributed by atoms with van der Waals surface area (Å²) in [6.45, 7) is -0.210. The van der Waals surface area contributed by atoms with Crippen molar-refractivity contribution in [3.8, 4) is 0 Å². The molecule has 0 bridgehead atoms. The molecule has 1 unspecified atom stereocenters. The fourth-order valence-corrected chi connectivity index (χ4v) is 0.873. The maximum Gasteiger partial charge on any atom is 0.417 e. The molecule has 1 aliphatic rings. The Balaban J connectivity index is 2.64. The number of hydrogen-bond donors (Lipinski definition) is 1. The van der Waals surface area contributed by atoms with Crippen LogP contribution in [0.15, 0.2) is 16.6 Å². The first-order valence-electron chi connectivity index (χ1n) is 3.45. The van der Waals surface area contributed by atoms with Gasteiger partial charge in [-0.1, -0.05) is 6.08 Å². The van der Waals surface area contributed by atoms with E-state index in [1.165, 1.54) is 0 Å². The molecular formula is C7H8F3NO. The summed E-state index contributed by atoms with van der Waals surface area (Å²) in [5, 5.41) is 8.56. The lowest BCUT2D eigenvalue weighted by atomic mass is 10.1. The van der Waals surface area contributed by atoms with Gasteiger partial charge >= 0.3 is 6.18 Å². The number of nitrogens with zero attached hydrogens (tertiary/aromatic N) is 1. The Bertz CT molecular complexity index is 219. The van der Waals surface area contributed by atoms with E-state index in [9.17, 15) is 13.2 Å². The summed E-state index contributed by atoms with van der Waals surface area (Å²) in [4.78, 5) is 3.53. The van der Waals surface area contributed by atoms with Crippen LogP contribution in [0.4, 0.5) is 13.2 Å². The first kappa shape index (κ1) is 9.25. The molecular weight excluding hydrogens is 171 g/mol. The number of allylic oxidation sites excluding steroid dienone is 1. The number of aliphatic imine (C=N–C) groups is 1. The monoisotopic (exact) mass is 179 g/mol. The van der Waals surface area contributed by atoms with Crippen LogP contribution in [0.2, 0.25) is 0 Å². The van der Waals surface area contributed by atoms with Crippen molar-refractivity contribution in [3.05, 3.63) is 11.6 Å². The van der Waals surface area contributed by atoms with E-state index in [4.69, 9.17) is 5.11 Å². The van der Waals surface area contributed by atoms with E-state index in [-0.39, 0.29) is 13.0 Å². The number of aliphatic hydroxyl groups excluding tert-OH is 1. The van der Waals surface area contributed by atoms with Gasteiger partial charge in [0.1, 0.15) is 0 Å². The predicted molar refractivity (Wildman–Crippen MR) is 38.1 cm³/mol. The first-order chi connectivity index (χ1) is 5.54. The molecule has 68 valence electrons. The zero-order chi connectivity index (χ0) is 9.19. The first-order valence-corrected chi connectivity index (χ1v) is 3.45. The minimum absolute atomic E-state index is 0.155. The minimum Gasteiger partial charge on any atom is -0.394 e. The highest BCUT2D eigenvalue weighted by atomic mass is 19.4. The van der Waals surface area contributed by atoms with E-state index in [2.05, 4.69) is 4.99 Å². The van der Waals surface area contributed by atoms with Crippen molar-refractivity contribution >= 4 is 6.21 Å². The van der Waals surface area contributed by atoms with Gasteiger partial charge in [-0.15, -0.1) is 0 Å². The van der Waals surface area contributed by atoms with E-state index >= 15 is 0 Å². The predicted octanol–water partition coefficient (Wildman–Crippen LogP) is 1.31. The SMILES string of the molecule is OCC1CC=C(C(F)(F)F)C=N1. The third-order valence-electron chi connectivity index (χ3n) is 1.57. The average Bonchev–Trinajstić information content (AvgIpc) is 2.03.